The predicted octanol–water partition coefficient (Wildman–Crippen LogP) is 5.50. The monoisotopic (exact) mass is 472 g/mol. The van der Waals surface area contributed by atoms with Crippen LogP contribution in [0.5, 0.6) is 17.2 Å². The highest BCUT2D eigenvalue weighted by Crippen LogP contribution is 2.29. The van der Waals surface area contributed by atoms with Crippen LogP contribution in [0, 0.1) is 0 Å². The maximum absolute atomic E-state index is 12.2. The van der Waals surface area contributed by atoms with Crippen LogP contribution in [0.3, 0.4) is 0 Å². The lowest BCUT2D eigenvalue weighted by Crippen LogP contribution is -2.33. The van der Waals surface area contributed by atoms with Crippen LogP contribution in [0.2, 0.25) is 10.0 Å². The molecule has 0 heterocycles. The molecule has 0 spiro atoms. The van der Waals surface area contributed by atoms with Gasteiger partial charge in [-0.15, -0.1) is 0 Å². The number of nitrogens with one attached hydrogen (secondary N) is 1. The Bertz CT molecular complexity index is 1090. The molecule has 1 amide bonds. The first-order chi connectivity index (χ1) is 15.5. The summed E-state index contributed by atoms with van der Waals surface area (Å²) in [4.78, 5) is 12.2. The second-order valence-electron chi connectivity index (χ2n) is 6.74. The van der Waals surface area contributed by atoms with Crippen molar-refractivity contribution in [1.82, 2.24) is 5.43 Å². The zero-order valence-corrected chi connectivity index (χ0v) is 19.1. The van der Waals surface area contributed by atoms with E-state index in [9.17, 15) is 4.79 Å². The van der Waals surface area contributed by atoms with E-state index in [4.69, 9.17) is 37.4 Å². The minimum absolute atomic E-state index is 0.259. The van der Waals surface area contributed by atoms with E-state index in [1.54, 1.807) is 56.5 Å². The van der Waals surface area contributed by atoms with Gasteiger partial charge in [-0.2, -0.15) is 5.10 Å². The summed E-state index contributed by atoms with van der Waals surface area (Å²) in [6, 6.07) is 19.6. The van der Waals surface area contributed by atoms with Gasteiger partial charge in [-0.25, -0.2) is 5.43 Å². The maximum atomic E-state index is 12.2. The highest BCUT2D eigenvalue weighted by Gasteiger charge is 2.13. The fourth-order valence-corrected chi connectivity index (χ4v) is 3.16. The molecule has 0 aliphatic carbocycles. The molecule has 1 N–H and O–H groups in total. The van der Waals surface area contributed by atoms with Crippen molar-refractivity contribution in [2.75, 3.05) is 7.11 Å². The quantitative estimate of drug-likeness (QED) is 0.329. The number of hydrazone groups is 1. The third kappa shape index (κ3) is 6.64. The van der Waals surface area contributed by atoms with Crippen LogP contribution in [-0.2, 0) is 11.4 Å². The summed E-state index contributed by atoms with van der Waals surface area (Å²) in [7, 11) is 1.54. The Hall–Kier alpha value is -3.22. The number of carbonyl (C=O) groups is 1. The molecule has 32 heavy (non-hydrogen) atoms. The molecule has 0 saturated carbocycles. The first-order valence-corrected chi connectivity index (χ1v) is 10.5. The molecule has 3 aromatic rings. The van der Waals surface area contributed by atoms with Crippen LogP contribution in [0.15, 0.2) is 71.8 Å². The molecule has 8 heteroatoms. The molecule has 1 atom stereocenters. The highest BCUT2D eigenvalue weighted by molar-refractivity contribution is 6.35. The largest absolute Gasteiger partial charge is 0.493 e. The smallest absolute Gasteiger partial charge is 0.280 e. The number of hydrogen-bond donors (Lipinski definition) is 1. The van der Waals surface area contributed by atoms with Crippen LogP contribution < -0.4 is 19.6 Å². The summed E-state index contributed by atoms with van der Waals surface area (Å²) >= 11 is 12.1. The molecule has 0 aliphatic heterocycles. The second-order valence-corrected chi connectivity index (χ2v) is 7.59. The molecule has 0 saturated heterocycles. The molecule has 3 rings (SSSR count). The van der Waals surface area contributed by atoms with E-state index in [1.807, 2.05) is 24.3 Å². The number of benzene rings is 3. The Morgan fingerprint density at radius 3 is 2.56 bits per heavy atom. The van der Waals surface area contributed by atoms with Gasteiger partial charge in [0.15, 0.2) is 17.6 Å². The van der Waals surface area contributed by atoms with E-state index in [1.165, 1.54) is 6.21 Å². The van der Waals surface area contributed by atoms with Crippen molar-refractivity contribution in [3.05, 3.63) is 87.9 Å². The molecular formula is C24H22Cl2N2O4. The standard InChI is InChI=1S/C24H22Cl2N2O4/c1-16(32-20-6-4-3-5-7-20)24(29)28-27-14-17-8-11-22(23(12-17)30-2)31-15-18-9-10-19(25)13-21(18)26/h3-14,16H,15H2,1-2H3,(H,28,29)/b27-14-. The lowest BCUT2D eigenvalue weighted by molar-refractivity contribution is -0.127. The molecule has 3 aromatic carbocycles. The van der Waals surface area contributed by atoms with Gasteiger partial charge >= 0.3 is 0 Å². The van der Waals surface area contributed by atoms with E-state index in [0.717, 1.165) is 11.1 Å². The van der Waals surface area contributed by atoms with Gasteiger partial charge in [0.2, 0.25) is 0 Å². The van der Waals surface area contributed by atoms with E-state index in [-0.39, 0.29) is 12.5 Å². The van der Waals surface area contributed by atoms with Gasteiger partial charge in [-0.3, -0.25) is 4.79 Å². The van der Waals surface area contributed by atoms with Gasteiger partial charge in [0.05, 0.1) is 13.3 Å². The van der Waals surface area contributed by atoms with Crippen LogP contribution in [0.25, 0.3) is 0 Å². The van der Waals surface area contributed by atoms with Crippen molar-refractivity contribution in [1.29, 1.82) is 0 Å². The number of ether oxygens (including phenoxy) is 3. The number of nitrogens with zero attached hydrogens (tertiary/aromatic N) is 1. The molecule has 0 fully saturated rings. The summed E-state index contributed by atoms with van der Waals surface area (Å²) < 4.78 is 16.8. The van der Waals surface area contributed by atoms with Gasteiger partial charge in [0.1, 0.15) is 12.4 Å². The van der Waals surface area contributed by atoms with Crippen LogP contribution >= 0.6 is 23.2 Å². The SMILES string of the molecule is COc1cc(/C=N\NC(=O)C(C)Oc2ccccc2)ccc1OCc1ccc(Cl)cc1Cl. The molecule has 0 bridgehead atoms. The number of methoxy groups -OCH3 is 1. The fourth-order valence-electron chi connectivity index (χ4n) is 2.70. The van der Waals surface area contributed by atoms with E-state index in [0.29, 0.717) is 27.3 Å². The first kappa shape index (κ1) is 23.4. The molecule has 0 radical (unpaired) electrons. The Kier molecular flexibility index (Phi) is 8.36. The van der Waals surface area contributed by atoms with Gasteiger partial charge in [-0.1, -0.05) is 47.5 Å². The van der Waals surface area contributed by atoms with E-state index >= 15 is 0 Å². The molecule has 0 aliphatic rings. The van der Waals surface area contributed by atoms with Crippen molar-refractivity contribution in [3.63, 3.8) is 0 Å². The van der Waals surface area contributed by atoms with Crippen molar-refractivity contribution < 1.29 is 19.0 Å². The number of rotatable bonds is 9. The number of para-hydroxylation sites is 1. The molecule has 1 unspecified atom stereocenters. The average Bonchev–Trinajstić information content (AvgIpc) is 2.79. The minimum Gasteiger partial charge on any atom is -0.493 e. The van der Waals surface area contributed by atoms with Crippen molar-refractivity contribution in [3.8, 4) is 17.2 Å². The summed E-state index contributed by atoms with van der Waals surface area (Å²) in [5, 5.41) is 5.08. The van der Waals surface area contributed by atoms with Gasteiger partial charge in [0.25, 0.3) is 5.91 Å². The van der Waals surface area contributed by atoms with Crippen molar-refractivity contribution in [2.45, 2.75) is 19.6 Å². The lowest BCUT2D eigenvalue weighted by atomic mass is 10.2. The third-order valence-corrected chi connectivity index (χ3v) is 4.99. The van der Waals surface area contributed by atoms with Gasteiger partial charge in [0, 0.05) is 15.6 Å². The number of halogens is 2. The normalized spacial score (nSPS) is 11.8. The highest BCUT2D eigenvalue weighted by atomic mass is 35.5. The maximum Gasteiger partial charge on any atom is 0.280 e. The number of amides is 1. The summed E-state index contributed by atoms with van der Waals surface area (Å²) in [6.45, 7) is 1.91. The van der Waals surface area contributed by atoms with Crippen molar-refractivity contribution >= 4 is 35.3 Å². The predicted molar refractivity (Wildman–Crippen MR) is 126 cm³/mol. The Balaban J connectivity index is 1.57. The van der Waals surface area contributed by atoms with Gasteiger partial charge in [-0.05, 0) is 55.0 Å². The molecule has 166 valence electrons. The number of carbonyl (C=O) groups excluding carboxylic acids is 1. The first-order valence-electron chi connectivity index (χ1n) is 9.75. The molecular weight excluding hydrogens is 451 g/mol. The van der Waals surface area contributed by atoms with Crippen LogP contribution in [0.1, 0.15) is 18.1 Å². The third-order valence-electron chi connectivity index (χ3n) is 4.40. The average molecular weight is 473 g/mol. The Labute approximate surface area is 196 Å². The summed E-state index contributed by atoms with van der Waals surface area (Å²) in [5.41, 5.74) is 3.99. The zero-order chi connectivity index (χ0) is 22.9. The Morgan fingerprint density at radius 2 is 1.84 bits per heavy atom. The van der Waals surface area contributed by atoms with Crippen LogP contribution in [-0.4, -0.2) is 25.3 Å². The summed E-state index contributed by atoms with van der Waals surface area (Å²) in [5.74, 6) is 1.31. The van der Waals surface area contributed by atoms with Crippen LogP contribution in [0.4, 0.5) is 0 Å². The molecule has 6 nitrogen and oxygen atoms in total. The zero-order valence-electron chi connectivity index (χ0n) is 17.5. The topological polar surface area (TPSA) is 69.2 Å². The van der Waals surface area contributed by atoms with E-state index < -0.39 is 6.10 Å². The van der Waals surface area contributed by atoms with Crippen molar-refractivity contribution in [2.24, 2.45) is 5.10 Å². The molecule has 0 aromatic heterocycles. The summed E-state index contributed by atoms with van der Waals surface area (Å²) in [6.07, 6.45) is 0.815. The van der Waals surface area contributed by atoms with E-state index in [2.05, 4.69) is 10.5 Å². The van der Waals surface area contributed by atoms with Gasteiger partial charge < -0.3 is 14.2 Å². The number of hydrogen-bond acceptors (Lipinski definition) is 5. The minimum atomic E-state index is -0.695. The lowest BCUT2D eigenvalue weighted by Gasteiger charge is -2.13. The fraction of sp³-hybridized carbons (Fsp3) is 0.167. The second kappa shape index (κ2) is 11.4. The Morgan fingerprint density at radius 1 is 1.06 bits per heavy atom.